The molecule has 3 atom stereocenters. The second-order valence-corrected chi connectivity index (χ2v) is 7.55. The quantitative estimate of drug-likeness (QED) is 0.759. The lowest BCUT2D eigenvalue weighted by atomic mass is 10.2. The van der Waals surface area contributed by atoms with Crippen LogP contribution in [-0.2, 0) is 14.3 Å². The maximum absolute atomic E-state index is 12.6. The first-order valence-corrected chi connectivity index (χ1v) is 9.67. The van der Waals surface area contributed by atoms with Gasteiger partial charge >= 0.3 is 5.97 Å². The number of ether oxygens (including phenoxy) is 2. The number of carbonyl (C=O) groups excluding carboxylic acids is 2. The van der Waals surface area contributed by atoms with E-state index in [9.17, 15) is 9.59 Å². The highest BCUT2D eigenvalue weighted by Crippen LogP contribution is 2.18. The summed E-state index contributed by atoms with van der Waals surface area (Å²) in [4.78, 5) is 26.8. The van der Waals surface area contributed by atoms with Crippen molar-refractivity contribution in [1.29, 1.82) is 0 Å². The Hall–Kier alpha value is -2.60. The molecule has 0 radical (unpaired) electrons. The lowest BCUT2D eigenvalue weighted by Gasteiger charge is -2.36. The minimum atomic E-state index is -0.835. The first-order chi connectivity index (χ1) is 13.3. The van der Waals surface area contributed by atoms with Gasteiger partial charge in [-0.2, -0.15) is 0 Å². The van der Waals surface area contributed by atoms with Crippen LogP contribution in [0.1, 0.15) is 42.5 Å². The summed E-state index contributed by atoms with van der Waals surface area (Å²) < 4.78 is 13.2. The van der Waals surface area contributed by atoms with Gasteiger partial charge in [-0.3, -0.25) is 4.79 Å². The van der Waals surface area contributed by atoms with Crippen LogP contribution in [0, 0.1) is 13.8 Å². The number of amides is 1. The summed E-state index contributed by atoms with van der Waals surface area (Å²) >= 11 is 0. The van der Waals surface area contributed by atoms with Gasteiger partial charge in [-0.05, 0) is 71.0 Å². The summed E-state index contributed by atoms with van der Waals surface area (Å²) in [6, 6.07) is 11.3. The van der Waals surface area contributed by atoms with Crippen LogP contribution in [-0.4, -0.2) is 52.7 Å². The van der Waals surface area contributed by atoms with Gasteiger partial charge in [0.1, 0.15) is 0 Å². The number of benzene rings is 1. The molecule has 1 aromatic heterocycles. The number of hydrogen-bond donors (Lipinski definition) is 0. The topological polar surface area (TPSA) is 60.8 Å². The van der Waals surface area contributed by atoms with Crippen molar-refractivity contribution in [3.05, 3.63) is 53.3 Å². The smallest absolute Gasteiger partial charge is 0.338 e. The zero-order valence-corrected chi connectivity index (χ0v) is 17.1. The van der Waals surface area contributed by atoms with Crippen molar-refractivity contribution in [2.75, 3.05) is 13.1 Å². The monoisotopic (exact) mass is 384 g/mol. The Morgan fingerprint density at radius 2 is 1.54 bits per heavy atom. The molecule has 6 heteroatoms. The van der Waals surface area contributed by atoms with Gasteiger partial charge in [0.15, 0.2) is 6.10 Å². The Kier molecular flexibility index (Phi) is 5.89. The van der Waals surface area contributed by atoms with Crippen molar-refractivity contribution in [3.8, 4) is 5.69 Å². The van der Waals surface area contributed by atoms with E-state index in [0.717, 1.165) is 17.1 Å². The minimum absolute atomic E-state index is 0.0243. The highest BCUT2D eigenvalue weighted by Gasteiger charge is 2.30. The van der Waals surface area contributed by atoms with Gasteiger partial charge in [0.05, 0.1) is 17.8 Å². The Balaban J connectivity index is 1.65. The third-order valence-electron chi connectivity index (χ3n) is 5.00. The van der Waals surface area contributed by atoms with E-state index in [2.05, 4.69) is 16.7 Å². The highest BCUT2D eigenvalue weighted by molar-refractivity contribution is 5.92. The molecule has 1 aliphatic rings. The molecule has 1 fully saturated rings. The number of aryl methyl sites for hydroxylation is 2. The van der Waals surface area contributed by atoms with Gasteiger partial charge in [0, 0.05) is 30.2 Å². The van der Waals surface area contributed by atoms with Crippen molar-refractivity contribution < 1.29 is 19.1 Å². The highest BCUT2D eigenvalue weighted by atomic mass is 16.5. The molecule has 3 unspecified atom stereocenters. The van der Waals surface area contributed by atoms with Crippen molar-refractivity contribution in [2.45, 2.75) is 52.9 Å². The summed E-state index contributed by atoms with van der Waals surface area (Å²) in [7, 11) is 0. The van der Waals surface area contributed by atoms with Gasteiger partial charge < -0.3 is 18.9 Å². The molecule has 0 aliphatic carbocycles. The standard InChI is InChI=1S/C22H28N2O4/c1-14-6-7-15(2)24(14)20-10-8-19(9-11-20)22(26)28-18(5)21(25)23-12-16(3)27-17(4)13-23/h6-11,16-18H,12-13H2,1-5H3. The minimum Gasteiger partial charge on any atom is -0.449 e. The lowest BCUT2D eigenvalue weighted by molar-refractivity contribution is -0.151. The number of carbonyl (C=O) groups is 2. The largest absolute Gasteiger partial charge is 0.449 e. The molecule has 28 heavy (non-hydrogen) atoms. The molecule has 150 valence electrons. The maximum Gasteiger partial charge on any atom is 0.338 e. The molecular weight excluding hydrogens is 356 g/mol. The predicted molar refractivity (Wildman–Crippen MR) is 107 cm³/mol. The SMILES string of the molecule is Cc1ccc(C)n1-c1ccc(C(=O)OC(C)C(=O)N2CC(C)OC(C)C2)cc1. The molecule has 0 bridgehead atoms. The van der Waals surface area contributed by atoms with E-state index in [1.165, 1.54) is 0 Å². The molecule has 1 amide bonds. The Morgan fingerprint density at radius 3 is 2.07 bits per heavy atom. The molecule has 0 N–H and O–H groups in total. The summed E-state index contributed by atoms with van der Waals surface area (Å²) in [6.07, 6.45) is -0.883. The number of hydrogen-bond acceptors (Lipinski definition) is 4. The van der Waals surface area contributed by atoms with Crippen molar-refractivity contribution in [2.24, 2.45) is 0 Å². The average Bonchev–Trinajstić information content (AvgIpc) is 2.98. The molecule has 1 aliphatic heterocycles. The summed E-state index contributed by atoms with van der Waals surface area (Å²) in [5, 5.41) is 0. The lowest BCUT2D eigenvalue weighted by Crippen LogP contribution is -2.51. The van der Waals surface area contributed by atoms with Gasteiger partial charge in [-0.15, -0.1) is 0 Å². The van der Waals surface area contributed by atoms with Crippen LogP contribution < -0.4 is 0 Å². The van der Waals surface area contributed by atoms with Crippen molar-refractivity contribution in [1.82, 2.24) is 9.47 Å². The fraction of sp³-hybridized carbons (Fsp3) is 0.455. The van der Waals surface area contributed by atoms with E-state index >= 15 is 0 Å². The second kappa shape index (κ2) is 8.19. The fourth-order valence-corrected chi connectivity index (χ4v) is 3.72. The second-order valence-electron chi connectivity index (χ2n) is 7.55. The number of aromatic nitrogens is 1. The van der Waals surface area contributed by atoms with Crippen LogP contribution in [0.4, 0.5) is 0 Å². The molecule has 0 saturated carbocycles. The van der Waals surface area contributed by atoms with Crippen LogP contribution in [0.5, 0.6) is 0 Å². The zero-order chi connectivity index (χ0) is 20.4. The molecule has 0 spiro atoms. The summed E-state index contributed by atoms with van der Waals surface area (Å²) in [5.41, 5.74) is 3.66. The summed E-state index contributed by atoms with van der Waals surface area (Å²) in [5.74, 6) is -0.687. The van der Waals surface area contributed by atoms with Crippen LogP contribution in [0.25, 0.3) is 5.69 Å². The predicted octanol–water partition coefficient (Wildman–Crippen LogP) is 3.28. The number of esters is 1. The third-order valence-corrected chi connectivity index (χ3v) is 5.00. The molecule has 2 heterocycles. The summed E-state index contributed by atoms with van der Waals surface area (Å²) in [6.45, 7) is 10.6. The Labute approximate surface area is 166 Å². The van der Waals surface area contributed by atoms with Gasteiger partial charge in [0.2, 0.25) is 0 Å². The average molecular weight is 384 g/mol. The molecule has 2 aromatic rings. The van der Waals surface area contributed by atoms with Crippen LogP contribution in [0.15, 0.2) is 36.4 Å². The van der Waals surface area contributed by atoms with Gasteiger partial charge in [0.25, 0.3) is 5.91 Å². The van der Waals surface area contributed by atoms with E-state index in [1.807, 2.05) is 39.8 Å². The van der Waals surface area contributed by atoms with E-state index in [-0.39, 0.29) is 18.1 Å². The third kappa shape index (κ3) is 4.28. The molecule has 1 saturated heterocycles. The maximum atomic E-state index is 12.6. The van der Waals surface area contributed by atoms with Gasteiger partial charge in [-0.1, -0.05) is 0 Å². The van der Waals surface area contributed by atoms with Crippen molar-refractivity contribution in [3.63, 3.8) is 0 Å². The van der Waals surface area contributed by atoms with E-state index in [0.29, 0.717) is 18.7 Å². The normalized spacial score (nSPS) is 20.7. The Morgan fingerprint density at radius 1 is 1.00 bits per heavy atom. The number of nitrogens with zero attached hydrogens (tertiary/aromatic N) is 2. The van der Waals surface area contributed by atoms with Crippen molar-refractivity contribution >= 4 is 11.9 Å². The first-order valence-electron chi connectivity index (χ1n) is 9.67. The zero-order valence-electron chi connectivity index (χ0n) is 17.1. The van der Waals surface area contributed by atoms with E-state index in [4.69, 9.17) is 9.47 Å². The van der Waals surface area contributed by atoms with E-state index < -0.39 is 12.1 Å². The molecular formula is C22H28N2O4. The molecule has 6 nitrogen and oxygen atoms in total. The van der Waals surface area contributed by atoms with Crippen LogP contribution in [0.2, 0.25) is 0 Å². The molecule has 1 aromatic carbocycles. The number of rotatable bonds is 4. The van der Waals surface area contributed by atoms with Gasteiger partial charge in [-0.25, -0.2) is 4.79 Å². The van der Waals surface area contributed by atoms with Crippen LogP contribution in [0.3, 0.4) is 0 Å². The number of morpholine rings is 1. The van der Waals surface area contributed by atoms with Crippen LogP contribution >= 0.6 is 0 Å². The molecule has 3 rings (SSSR count). The Bertz CT molecular complexity index is 826. The fourth-order valence-electron chi connectivity index (χ4n) is 3.72. The first kappa shape index (κ1) is 20.1. The van der Waals surface area contributed by atoms with E-state index in [1.54, 1.807) is 24.0 Å².